The molecule has 0 saturated carbocycles. The van der Waals surface area contributed by atoms with E-state index in [4.69, 9.17) is 0 Å². The molecule has 1 fully saturated rings. The van der Waals surface area contributed by atoms with Crippen LogP contribution in [0.4, 0.5) is 0 Å². The number of hydrogen-bond acceptors (Lipinski definition) is 6. The minimum absolute atomic E-state index is 0.0139. The highest BCUT2D eigenvalue weighted by Gasteiger charge is 2.30. The molecule has 0 radical (unpaired) electrons. The summed E-state index contributed by atoms with van der Waals surface area (Å²) in [6.45, 7) is 3.33. The predicted molar refractivity (Wildman–Crippen MR) is 82.5 cm³/mol. The number of likely N-dealkylation sites (N-methyl/N-ethyl adjacent to an activating group) is 1. The zero-order valence-electron chi connectivity index (χ0n) is 12.9. The summed E-state index contributed by atoms with van der Waals surface area (Å²) in [5.41, 5.74) is 0.807. The van der Waals surface area contributed by atoms with Crippen LogP contribution in [0.25, 0.3) is 0 Å². The van der Waals surface area contributed by atoms with Gasteiger partial charge in [-0.2, -0.15) is 0 Å². The van der Waals surface area contributed by atoms with Gasteiger partial charge in [0.15, 0.2) is 0 Å². The first kappa shape index (κ1) is 16.3. The van der Waals surface area contributed by atoms with Crippen LogP contribution in [-0.2, 0) is 6.42 Å². The van der Waals surface area contributed by atoms with Crippen LogP contribution in [0, 0.1) is 0 Å². The number of nitrogens with zero attached hydrogens (tertiary/aromatic N) is 4. The van der Waals surface area contributed by atoms with Crippen molar-refractivity contribution in [1.82, 2.24) is 19.4 Å². The Morgan fingerprint density at radius 1 is 1.43 bits per heavy atom. The Hall–Kier alpha value is -1.05. The lowest BCUT2D eigenvalue weighted by atomic mass is 10.1. The van der Waals surface area contributed by atoms with Crippen LogP contribution >= 0.6 is 11.5 Å². The van der Waals surface area contributed by atoms with Crippen LogP contribution in [0.15, 0.2) is 0 Å². The van der Waals surface area contributed by atoms with E-state index in [-0.39, 0.29) is 18.1 Å². The third-order valence-electron chi connectivity index (χ3n) is 4.02. The first-order valence-electron chi connectivity index (χ1n) is 7.49. The monoisotopic (exact) mass is 312 g/mol. The van der Waals surface area contributed by atoms with Crippen LogP contribution < -0.4 is 0 Å². The Bertz CT molecular complexity index is 477. The zero-order valence-corrected chi connectivity index (χ0v) is 13.8. The summed E-state index contributed by atoms with van der Waals surface area (Å²) in [5, 5.41) is 14.3. The first-order valence-corrected chi connectivity index (χ1v) is 8.27. The molecule has 0 spiro atoms. The van der Waals surface area contributed by atoms with Gasteiger partial charge in [0, 0.05) is 19.1 Å². The SMILES string of the molecule is CCCc1nnsc1C(=O)N1CC[C@H](O)[C@@H](N(C)C)CC1. The van der Waals surface area contributed by atoms with Crippen molar-refractivity contribution in [3.8, 4) is 0 Å². The predicted octanol–water partition coefficient (Wildman–Crippen LogP) is 1.02. The summed E-state index contributed by atoms with van der Waals surface area (Å²) in [6.07, 6.45) is 2.76. The average Bonchev–Trinajstić information content (AvgIpc) is 2.80. The average molecular weight is 312 g/mol. The molecule has 1 N–H and O–H groups in total. The highest BCUT2D eigenvalue weighted by Crippen LogP contribution is 2.20. The van der Waals surface area contributed by atoms with E-state index in [0.29, 0.717) is 24.4 Å². The Kier molecular flexibility index (Phi) is 5.66. The first-order chi connectivity index (χ1) is 10.0. The fourth-order valence-electron chi connectivity index (χ4n) is 2.79. The van der Waals surface area contributed by atoms with Crippen LogP contribution in [0.2, 0.25) is 0 Å². The largest absolute Gasteiger partial charge is 0.391 e. The lowest BCUT2D eigenvalue weighted by Crippen LogP contribution is -2.38. The Labute approximate surface area is 129 Å². The van der Waals surface area contributed by atoms with Crippen molar-refractivity contribution < 1.29 is 9.90 Å². The van der Waals surface area contributed by atoms with Crippen molar-refractivity contribution in [1.29, 1.82) is 0 Å². The van der Waals surface area contributed by atoms with Gasteiger partial charge in [0.25, 0.3) is 5.91 Å². The fourth-order valence-corrected chi connectivity index (χ4v) is 3.47. The van der Waals surface area contributed by atoms with Gasteiger partial charge in [-0.25, -0.2) is 0 Å². The van der Waals surface area contributed by atoms with Gasteiger partial charge >= 0.3 is 0 Å². The van der Waals surface area contributed by atoms with Crippen LogP contribution in [0.5, 0.6) is 0 Å². The van der Waals surface area contributed by atoms with E-state index in [2.05, 4.69) is 16.5 Å². The minimum Gasteiger partial charge on any atom is -0.391 e. The molecular weight excluding hydrogens is 288 g/mol. The summed E-state index contributed by atoms with van der Waals surface area (Å²) >= 11 is 1.18. The van der Waals surface area contributed by atoms with Gasteiger partial charge in [-0.15, -0.1) is 5.10 Å². The molecule has 21 heavy (non-hydrogen) atoms. The third-order valence-corrected chi connectivity index (χ3v) is 4.78. The number of aliphatic hydroxyl groups excluding tert-OH is 1. The second kappa shape index (κ2) is 7.29. The van der Waals surface area contributed by atoms with Gasteiger partial charge in [-0.3, -0.25) is 4.79 Å². The Balaban J connectivity index is 2.08. The fraction of sp³-hybridized carbons (Fsp3) is 0.786. The van der Waals surface area contributed by atoms with E-state index in [1.54, 1.807) is 0 Å². The molecule has 7 heteroatoms. The van der Waals surface area contributed by atoms with Gasteiger partial charge in [0.2, 0.25) is 0 Å². The lowest BCUT2D eigenvalue weighted by molar-refractivity contribution is 0.0721. The standard InChI is InChI=1S/C14H24N4O2S/c1-4-5-10-13(21-16-15-10)14(20)18-8-6-11(17(2)3)12(19)7-9-18/h11-12,19H,4-9H2,1-3H3/t11-,12-/m0/s1. The minimum atomic E-state index is -0.382. The Morgan fingerprint density at radius 2 is 2.14 bits per heavy atom. The number of carbonyl (C=O) groups is 1. The van der Waals surface area contributed by atoms with E-state index in [1.165, 1.54) is 11.5 Å². The number of aromatic nitrogens is 2. The summed E-state index contributed by atoms with van der Waals surface area (Å²) in [5.74, 6) is 0.0139. The molecule has 1 aliphatic rings. The topological polar surface area (TPSA) is 69.6 Å². The van der Waals surface area contributed by atoms with Crippen molar-refractivity contribution in [3.63, 3.8) is 0 Å². The van der Waals surface area contributed by atoms with Gasteiger partial charge in [0.05, 0.1) is 11.8 Å². The molecule has 0 aromatic carbocycles. The molecule has 1 aromatic rings. The molecule has 0 bridgehead atoms. The second-order valence-electron chi connectivity index (χ2n) is 5.77. The number of rotatable bonds is 4. The summed E-state index contributed by atoms with van der Waals surface area (Å²) in [6, 6.07) is 0.109. The number of likely N-dealkylation sites (tertiary alicyclic amines) is 1. The number of hydrogen-bond donors (Lipinski definition) is 1. The van der Waals surface area contributed by atoms with Crippen molar-refractivity contribution >= 4 is 17.4 Å². The van der Waals surface area contributed by atoms with E-state index in [1.807, 2.05) is 23.9 Å². The normalized spacial score (nSPS) is 23.4. The van der Waals surface area contributed by atoms with E-state index in [9.17, 15) is 9.90 Å². The van der Waals surface area contributed by atoms with Crippen molar-refractivity contribution in [2.75, 3.05) is 27.2 Å². The lowest BCUT2D eigenvalue weighted by Gasteiger charge is -2.26. The second-order valence-corrected chi connectivity index (χ2v) is 6.52. The summed E-state index contributed by atoms with van der Waals surface area (Å²) in [4.78, 5) is 17.2. The van der Waals surface area contributed by atoms with Gasteiger partial charge < -0.3 is 14.9 Å². The van der Waals surface area contributed by atoms with Gasteiger partial charge in [-0.05, 0) is 44.9 Å². The Morgan fingerprint density at radius 3 is 2.81 bits per heavy atom. The highest BCUT2D eigenvalue weighted by molar-refractivity contribution is 7.08. The molecule has 2 atom stereocenters. The molecule has 1 amide bonds. The molecule has 1 saturated heterocycles. The molecule has 0 aliphatic carbocycles. The molecule has 2 heterocycles. The van der Waals surface area contributed by atoms with E-state index in [0.717, 1.165) is 25.0 Å². The molecule has 2 rings (SSSR count). The van der Waals surface area contributed by atoms with Crippen molar-refractivity contribution in [2.24, 2.45) is 0 Å². The quantitative estimate of drug-likeness (QED) is 0.899. The van der Waals surface area contributed by atoms with Gasteiger partial charge in [0.1, 0.15) is 4.88 Å². The maximum absolute atomic E-state index is 12.7. The molecular formula is C14H24N4O2S. The third kappa shape index (κ3) is 3.78. The smallest absolute Gasteiger partial charge is 0.267 e. The highest BCUT2D eigenvalue weighted by atomic mass is 32.1. The van der Waals surface area contributed by atoms with Crippen molar-refractivity contribution in [2.45, 2.75) is 44.8 Å². The zero-order chi connectivity index (χ0) is 15.4. The summed E-state index contributed by atoms with van der Waals surface area (Å²) < 4.78 is 3.92. The van der Waals surface area contributed by atoms with Crippen LogP contribution in [-0.4, -0.2) is 69.7 Å². The number of aryl methyl sites for hydroxylation is 1. The number of carbonyl (C=O) groups excluding carboxylic acids is 1. The van der Waals surface area contributed by atoms with E-state index < -0.39 is 0 Å². The molecule has 6 nitrogen and oxygen atoms in total. The van der Waals surface area contributed by atoms with E-state index >= 15 is 0 Å². The van der Waals surface area contributed by atoms with Crippen LogP contribution in [0.3, 0.4) is 0 Å². The van der Waals surface area contributed by atoms with Gasteiger partial charge in [-0.1, -0.05) is 17.8 Å². The van der Waals surface area contributed by atoms with Crippen molar-refractivity contribution in [3.05, 3.63) is 10.6 Å². The van der Waals surface area contributed by atoms with Crippen LogP contribution in [0.1, 0.15) is 41.6 Å². The molecule has 1 aromatic heterocycles. The summed E-state index contributed by atoms with van der Waals surface area (Å²) in [7, 11) is 3.94. The maximum atomic E-state index is 12.7. The maximum Gasteiger partial charge on any atom is 0.267 e. The number of aliphatic hydroxyl groups is 1. The molecule has 118 valence electrons. The molecule has 1 aliphatic heterocycles. The number of amides is 1. The molecule has 0 unspecified atom stereocenters.